The maximum Gasteiger partial charge on any atom is 0.230 e. The molecule has 1 unspecified atom stereocenters. The summed E-state index contributed by atoms with van der Waals surface area (Å²) in [6, 6.07) is 8.39. The van der Waals surface area contributed by atoms with E-state index in [4.69, 9.17) is 0 Å². The predicted molar refractivity (Wildman–Crippen MR) is 63.7 cm³/mol. The van der Waals surface area contributed by atoms with Gasteiger partial charge in [-0.25, -0.2) is 0 Å². The normalized spacial score (nSPS) is 23.3. The molecule has 2 aliphatic rings. The summed E-state index contributed by atoms with van der Waals surface area (Å²) in [7, 11) is 0. The largest absolute Gasteiger partial charge is 0.341 e. The number of likely N-dealkylation sites (tertiary alicyclic amines) is 1. The summed E-state index contributed by atoms with van der Waals surface area (Å²) in [5, 5.41) is 0. The van der Waals surface area contributed by atoms with Crippen LogP contribution in [0.1, 0.15) is 29.9 Å². The summed E-state index contributed by atoms with van der Waals surface area (Å²) in [4.78, 5) is 24.7. The van der Waals surface area contributed by atoms with E-state index < -0.39 is 0 Å². The van der Waals surface area contributed by atoms with Crippen molar-refractivity contribution in [1.82, 2.24) is 4.90 Å². The lowest BCUT2D eigenvalue weighted by atomic mass is 9.77. The van der Waals surface area contributed by atoms with E-state index in [-0.39, 0.29) is 18.1 Å². The molecule has 88 valence electrons. The first kappa shape index (κ1) is 10.5. The number of amides is 1. The van der Waals surface area contributed by atoms with E-state index in [1.54, 1.807) is 0 Å². The van der Waals surface area contributed by atoms with Crippen LogP contribution < -0.4 is 0 Å². The van der Waals surface area contributed by atoms with Gasteiger partial charge in [-0.2, -0.15) is 0 Å². The van der Waals surface area contributed by atoms with Crippen molar-refractivity contribution in [3.63, 3.8) is 0 Å². The number of piperidine rings is 1. The maximum atomic E-state index is 11.7. The fraction of sp³-hybridized carbons (Fsp3) is 0.429. The van der Waals surface area contributed by atoms with Gasteiger partial charge in [0.25, 0.3) is 0 Å². The van der Waals surface area contributed by atoms with Crippen LogP contribution in [0.15, 0.2) is 24.3 Å². The number of nitrogens with zero attached hydrogens (tertiary/aromatic N) is 1. The molecule has 1 aromatic carbocycles. The van der Waals surface area contributed by atoms with Crippen molar-refractivity contribution in [3.8, 4) is 0 Å². The summed E-state index contributed by atoms with van der Waals surface area (Å²) in [6.07, 6.45) is 1.70. The zero-order chi connectivity index (χ0) is 11.8. The molecule has 1 aliphatic carbocycles. The molecule has 0 spiro atoms. The third-order valence-corrected chi connectivity index (χ3v) is 3.76. The Hall–Kier alpha value is -1.64. The average molecular weight is 229 g/mol. The molecule has 1 aliphatic heterocycles. The highest BCUT2D eigenvalue weighted by atomic mass is 16.2. The van der Waals surface area contributed by atoms with Gasteiger partial charge in [-0.3, -0.25) is 9.59 Å². The van der Waals surface area contributed by atoms with Crippen LogP contribution >= 0.6 is 0 Å². The minimum atomic E-state index is 0.00521. The first-order valence-electron chi connectivity index (χ1n) is 6.11. The van der Waals surface area contributed by atoms with Gasteiger partial charge in [0.15, 0.2) is 0 Å². The smallest absolute Gasteiger partial charge is 0.230 e. The topological polar surface area (TPSA) is 37.4 Å². The molecule has 3 nitrogen and oxygen atoms in total. The summed E-state index contributed by atoms with van der Waals surface area (Å²) < 4.78 is 0. The molecule has 0 bridgehead atoms. The molecular formula is C14H15NO2. The van der Waals surface area contributed by atoms with Crippen molar-refractivity contribution < 1.29 is 9.59 Å². The Morgan fingerprint density at radius 3 is 2.82 bits per heavy atom. The molecule has 0 aromatic heterocycles. The molecule has 17 heavy (non-hydrogen) atoms. The van der Waals surface area contributed by atoms with Gasteiger partial charge in [-0.15, -0.1) is 0 Å². The summed E-state index contributed by atoms with van der Waals surface area (Å²) in [6.45, 7) is 1.39. The van der Waals surface area contributed by atoms with Gasteiger partial charge in [0.05, 0.1) is 6.42 Å². The standard InChI is InChI=1S/C14H15NO2/c16-12-5-6-15(14(17)8-12)9-11-7-10-3-1-2-4-13(10)11/h1-4,11H,5-9H2. The fourth-order valence-electron chi connectivity index (χ4n) is 2.74. The molecule has 1 saturated heterocycles. The molecule has 1 heterocycles. The number of hydrogen-bond acceptors (Lipinski definition) is 2. The molecule has 3 heteroatoms. The second kappa shape index (κ2) is 3.99. The Morgan fingerprint density at radius 2 is 2.06 bits per heavy atom. The Labute approximate surface area is 100 Å². The highest BCUT2D eigenvalue weighted by molar-refractivity contribution is 6.00. The molecule has 1 atom stereocenters. The number of Topliss-reactive ketones (excluding diaryl/α,β-unsaturated/α-hetero) is 1. The quantitative estimate of drug-likeness (QED) is 0.721. The van der Waals surface area contributed by atoms with E-state index in [0.717, 1.165) is 13.0 Å². The van der Waals surface area contributed by atoms with E-state index in [1.165, 1.54) is 11.1 Å². The van der Waals surface area contributed by atoms with E-state index >= 15 is 0 Å². The molecule has 1 aromatic rings. The Balaban J connectivity index is 1.66. The number of carbonyl (C=O) groups excluding carboxylic acids is 2. The predicted octanol–water partition coefficient (Wildman–Crippen LogP) is 1.52. The van der Waals surface area contributed by atoms with E-state index in [9.17, 15) is 9.59 Å². The van der Waals surface area contributed by atoms with Crippen LogP contribution in [0.3, 0.4) is 0 Å². The van der Waals surface area contributed by atoms with Gasteiger partial charge in [-0.05, 0) is 17.5 Å². The van der Waals surface area contributed by atoms with Crippen molar-refractivity contribution in [2.75, 3.05) is 13.1 Å². The lowest BCUT2D eigenvalue weighted by Crippen LogP contribution is -2.43. The molecule has 0 radical (unpaired) electrons. The zero-order valence-electron chi connectivity index (χ0n) is 9.69. The van der Waals surface area contributed by atoms with Crippen LogP contribution in [0.25, 0.3) is 0 Å². The van der Waals surface area contributed by atoms with Crippen molar-refractivity contribution in [2.45, 2.75) is 25.2 Å². The first-order valence-corrected chi connectivity index (χ1v) is 6.11. The second-order valence-corrected chi connectivity index (χ2v) is 4.91. The monoisotopic (exact) mass is 229 g/mol. The van der Waals surface area contributed by atoms with E-state index in [2.05, 4.69) is 18.2 Å². The number of ketones is 1. The van der Waals surface area contributed by atoms with Gasteiger partial charge in [0.1, 0.15) is 5.78 Å². The summed E-state index contributed by atoms with van der Waals surface area (Å²) in [5.41, 5.74) is 2.77. The van der Waals surface area contributed by atoms with Crippen LogP contribution in [-0.2, 0) is 16.0 Å². The lowest BCUT2D eigenvalue weighted by molar-refractivity contribution is -0.139. The third-order valence-electron chi connectivity index (χ3n) is 3.76. The summed E-state index contributed by atoms with van der Waals surface area (Å²) >= 11 is 0. The van der Waals surface area contributed by atoms with Crippen LogP contribution in [0.4, 0.5) is 0 Å². The third kappa shape index (κ3) is 1.86. The minimum Gasteiger partial charge on any atom is -0.341 e. The fourth-order valence-corrected chi connectivity index (χ4v) is 2.74. The highest BCUT2D eigenvalue weighted by Gasteiger charge is 2.31. The minimum absolute atomic E-state index is 0.00521. The molecular weight excluding hydrogens is 214 g/mol. The number of rotatable bonds is 2. The van der Waals surface area contributed by atoms with Crippen molar-refractivity contribution in [1.29, 1.82) is 0 Å². The summed E-state index contributed by atoms with van der Waals surface area (Å²) in [5.74, 6) is 0.564. The molecule has 1 fully saturated rings. The molecule has 0 N–H and O–H groups in total. The van der Waals surface area contributed by atoms with Crippen molar-refractivity contribution in [3.05, 3.63) is 35.4 Å². The number of fused-ring (bicyclic) bond motifs is 1. The molecule has 3 rings (SSSR count). The van der Waals surface area contributed by atoms with Crippen LogP contribution in [0.2, 0.25) is 0 Å². The molecule has 0 saturated carbocycles. The number of benzene rings is 1. The van der Waals surface area contributed by atoms with Gasteiger partial charge in [-0.1, -0.05) is 24.3 Å². The number of hydrogen-bond donors (Lipinski definition) is 0. The number of carbonyl (C=O) groups is 2. The van der Waals surface area contributed by atoms with Crippen molar-refractivity contribution >= 4 is 11.7 Å². The van der Waals surface area contributed by atoms with Crippen LogP contribution in [0, 0.1) is 0 Å². The van der Waals surface area contributed by atoms with Crippen LogP contribution in [0.5, 0.6) is 0 Å². The Bertz CT molecular complexity index is 481. The van der Waals surface area contributed by atoms with Gasteiger partial charge >= 0.3 is 0 Å². The van der Waals surface area contributed by atoms with Gasteiger partial charge in [0, 0.05) is 25.4 Å². The Morgan fingerprint density at radius 1 is 1.24 bits per heavy atom. The van der Waals surface area contributed by atoms with Crippen LogP contribution in [-0.4, -0.2) is 29.7 Å². The zero-order valence-corrected chi connectivity index (χ0v) is 9.69. The average Bonchev–Trinajstić information content (AvgIpc) is 2.28. The van der Waals surface area contributed by atoms with E-state index in [0.29, 0.717) is 18.9 Å². The lowest BCUT2D eigenvalue weighted by Gasteiger charge is -2.36. The molecule has 1 amide bonds. The highest BCUT2D eigenvalue weighted by Crippen LogP contribution is 2.35. The Kier molecular flexibility index (Phi) is 2.46. The van der Waals surface area contributed by atoms with Gasteiger partial charge in [0.2, 0.25) is 5.91 Å². The van der Waals surface area contributed by atoms with Crippen molar-refractivity contribution in [2.24, 2.45) is 0 Å². The SMILES string of the molecule is O=C1CCN(CC2Cc3ccccc32)C(=O)C1. The van der Waals surface area contributed by atoms with Gasteiger partial charge < -0.3 is 4.90 Å². The maximum absolute atomic E-state index is 11.7. The second-order valence-electron chi connectivity index (χ2n) is 4.91. The first-order chi connectivity index (χ1) is 8.24. The van der Waals surface area contributed by atoms with E-state index in [1.807, 2.05) is 11.0 Å².